The summed E-state index contributed by atoms with van der Waals surface area (Å²) in [5.41, 5.74) is 1.04. The molecule has 1 fully saturated rings. The molecule has 1 aliphatic carbocycles. The number of aromatic amines is 1. The van der Waals surface area contributed by atoms with Gasteiger partial charge in [-0.05, 0) is 19.1 Å². The number of aromatic carboxylic acids is 1. The van der Waals surface area contributed by atoms with E-state index in [1.807, 2.05) is 6.26 Å². The van der Waals surface area contributed by atoms with Gasteiger partial charge < -0.3 is 10.1 Å². The Morgan fingerprint density at radius 2 is 2.20 bits per heavy atom. The van der Waals surface area contributed by atoms with Crippen molar-refractivity contribution in [2.75, 3.05) is 6.26 Å². The van der Waals surface area contributed by atoms with Gasteiger partial charge >= 0.3 is 5.97 Å². The molecule has 82 valence electrons. The number of nitrogens with zero attached hydrogens (tertiary/aromatic N) is 1. The largest absolute Gasteiger partial charge is 0.476 e. The van der Waals surface area contributed by atoms with Crippen LogP contribution in [0.25, 0.3) is 0 Å². The molecule has 0 aliphatic heterocycles. The highest BCUT2D eigenvalue weighted by molar-refractivity contribution is 7.98. The average Bonchev–Trinajstić information content (AvgIpc) is 2.86. The van der Waals surface area contributed by atoms with Crippen molar-refractivity contribution in [3.8, 4) is 0 Å². The second kappa shape index (κ2) is 4.26. The molecule has 1 saturated carbocycles. The number of carboxylic acids is 1. The summed E-state index contributed by atoms with van der Waals surface area (Å²) < 4.78 is 0. The zero-order valence-electron chi connectivity index (χ0n) is 8.62. The number of H-pyrrole nitrogens is 1. The summed E-state index contributed by atoms with van der Waals surface area (Å²) in [6.07, 6.45) is 6.43. The SMILES string of the molecule is CSc1nc(C(=O)O)c(C2CCCC2)[nH]1. The van der Waals surface area contributed by atoms with Crippen molar-refractivity contribution in [2.24, 2.45) is 0 Å². The molecule has 0 bridgehead atoms. The summed E-state index contributed by atoms with van der Waals surface area (Å²) in [4.78, 5) is 18.2. The Bertz CT molecular complexity index is 369. The van der Waals surface area contributed by atoms with Gasteiger partial charge in [0.2, 0.25) is 0 Å². The molecule has 1 aromatic heterocycles. The van der Waals surface area contributed by atoms with Crippen LogP contribution in [0, 0.1) is 0 Å². The Labute approximate surface area is 92.5 Å². The van der Waals surface area contributed by atoms with E-state index in [2.05, 4.69) is 9.97 Å². The van der Waals surface area contributed by atoms with Crippen molar-refractivity contribution in [3.05, 3.63) is 11.4 Å². The Kier molecular flexibility index (Phi) is 3.00. The van der Waals surface area contributed by atoms with Crippen molar-refractivity contribution in [2.45, 2.75) is 36.8 Å². The third kappa shape index (κ3) is 2.02. The van der Waals surface area contributed by atoms with Gasteiger partial charge in [0.15, 0.2) is 10.9 Å². The predicted octanol–water partition coefficient (Wildman–Crippen LogP) is 2.49. The number of aromatic nitrogens is 2. The van der Waals surface area contributed by atoms with Crippen molar-refractivity contribution in [1.29, 1.82) is 0 Å². The highest BCUT2D eigenvalue weighted by Gasteiger charge is 2.26. The van der Waals surface area contributed by atoms with Gasteiger partial charge in [-0.25, -0.2) is 9.78 Å². The lowest BCUT2D eigenvalue weighted by molar-refractivity contribution is 0.0689. The zero-order valence-corrected chi connectivity index (χ0v) is 9.43. The second-order valence-corrected chi connectivity index (χ2v) is 4.59. The first-order valence-electron chi connectivity index (χ1n) is 5.09. The van der Waals surface area contributed by atoms with Crippen LogP contribution in [-0.2, 0) is 0 Å². The molecule has 15 heavy (non-hydrogen) atoms. The summed E-state index contributed by atoms with van der Waals surface area (Å²) in [5.74, 6) is -0.557. The molecule has 0 spiro atoms. The van der Waals surface area contributed by atoms with E-state index in [1.165, 1.54) is 24.6 Å². The summed E-state index contributed by atoms with van der Waals surface area (Å²) >= 11 is 1.45. The Morgan fingerprint density at radius 1 is 1.53 bits per heavy atom. The van der Waals surface area contributed by atoms with Crippen LogP contribution in [0.2, 0.25) is 0 Å². The normalized spacial score (nSPS) is 17.1. The van der Waals surface area contributed by atoms with Gasteiger partial charge in [0.25, 0.3) is 0 Å². The second-order valence-electron chi connectivity index (χ2n) is 3.79. The molecule has 2 rings (SSSR count). The molecule has 0 amide bonds. The predicted molar refractivity (Wildman–Crippen MR) is 58.5 cm³/mol. The van der Waals surface area contributed by atoms with E-state index in [9.17, 15) is 4.79 Å². The van der Waals surface area contributed by atoms with E-state index in [0.29, 0.717) is 11.1 Å². The number of rotatable bonds is 3. The molecule has 5 heteroatoms. The average molecular weight is 226 g/mol. The van der Waals surface area contributed by atoms with Gasteiger partial charge in [-0.15, -0.1) is 0 Å². The van der Waals surface area contributed by atoms with E-state index in [4.69, 9.17) is 5.11 Å². The van der Waals surface area contributed by atoms with Crippen molar-refractivity contribution < 1.29 is 9.90 Å². The van der Waals surface area contributed by atoms with Crippen LogP contribution in [0.5, 0.6) is 0 Å². The molecule has 1 aliphatic rings. The minimum absolute atomic E-state index is 0.214. The first-order valence-corrected chi connectivity index (χ1v) is 6.32. The van der Waals surface area contributed by atoms with Gasteiger partial charge in [-0.1, -0.05) is 24.6 Å². The summed E-state index contributed by atoms with van der Waals surface area (Å²) in [6.45, 7) is 0. The van der Waals surface area contributed by atoms with Gasteiger partial charge in [-0.3, -0.25) is 0 Å². The van der Waals surface area contributed by atoms with E-state index in [1.54, 1.807) is 0 Å². The summed E-state index contributed by atoms with van der Waals surface area (Å²) in [5, 5.41) is 9.75. The fourth-order valence-electron chi connectivity index (χ4n) is 2.13. The van der Waals surface area contributed by atoms with Crippen LogP contribution in [0.1, 0.15) is 47.8 Å². The number of hydrogen-bond acceptors (Lipinski definition) is 3. The van der Waals surface area contributed by atoms with Gasteiger partial charge in [0.1, 0.15) is 0 Å². The van der Waals surface area contributed by atoms with Crippen LogP contribution < -0.4 is 0 Å². The summed E-state index contributed by atoms with van der Waals surface area (Å²) in [7, 11) is 0. The van der Waals surface area contributed by atoms with Crippen molar-refractivity contribution >= 4 is 17.7 Å². The lowest BCUT2D eigenvalue weighted by atomic mass is 10.0. The molecule has 0 unspecified atom stereocenters. The quantitative estimate of drug-likeness (QED) is 0.777. The molecule has 2 N–H and O–H groups in total. The Morgan fingerprint density at radius 3 is 2.73 bits per heavy atom. The third-order valence-corrected chi connectivity index (χ3v) is 3.45. The minimum Gasteiger partial charge on any atom is -0.476 e. The van der Waals surface area contributed by atoms with Gasteiger partial charge in [0.05, 0.1) is 5.69 Å². The number of carboxylic acid groups (broad SMARTS) is 1. The van der Waals surface area contributed by atoms with Crippen molar-refractivity contribution in [3.63, 3.8) is 0 Å². The minimum atomic E-state index is -0.923. The van der Waals surface area contributed by atoms with Gasteiger partial charge in [0, 0.05) is 5.92 Å². The molecule has 0 aromatic carbocycles. The summed E-state index contributed by atoms with van der Waals surface area (Å²) in [6, 6.07) is 0. The first-order chi connectivity index (χ1) is 7.22. The first kappa shape index (κ1) is 10.5. The third-order valence-electron chi connectivity index (χ3n) is 2.87. The molecular formula is C10H14N2O2S. The number of hydrogen-bond donors (Lipinski definition) is 2. The molecule has 0 radical (unpaired) electrons. The van der Waals surface area contributed by atoms with E-state index in [-0.39, 0.29) is 5.69 Å². The molecule has 0 saturated heterocycles. The highest BCUT2D eigenvalue weighted by atomic mass is 32.2. The maximum absolute atomic E-state index is 11.0. The molecule has 4 nitrogen and oxygen atoms in total. The standard InChI is InChI=1S/C10H14N2O2S/c1-15-10-11-7(6-4-2-3-5-6)8(12-10)9(13)14/h6H,2-5H2,1H3,(H,11,12)(H,13,14). The lowest BCUT2D eigenvalue weighted by Crippen LogP contribution is -2.04. The monoisotopic (exact) mass is 226 g/mol. The van der Waals surface area contributed by atoms with Crippen LogP contribution in [0.3, 0.4) is 0 Å². The van der Waals surface area contributed by atoms with Crippen molar-refractivity contribution in [1.82, 2.24) is 9.97 Å². The maximum atomic E-state index is 11.0. The molecular weight excluding hydrogens is 212 g/mol. The van der Waals surface area contributed by atoms with Crippen LogP contribution in [-0.4, -0.2) is 27.3 Å². The van der Waals surface area contributed by atoms with Gasteiger partial charge in [-0.2, -0.15) is 0 Å². The smallest absolute Gasteiger partial charge is 0.356 e. The number of thioether (sulfide) groups is 1. The number of imidazole rings is 1. The Hall–Kier alpha value is -0.970. The van der Waals surface area contributed by atoms with Crippen LogP contribution >= 0.6 is 11.8 Å². The lowest BCUT2D eigenvalue weighted by Gasteiger charge is -2.06. The molecule has 1 heterocycles. The van der Waals surface area contributed by atoms with E-state index >= 15 is 0 Å². The fraction of sp³-hybridized carbons (Fsp3) is 0.600. The van der Waals surface area contributed by atoms with Crippen LogP contribution in [0.4, 0.5) is 0 Å². The van der Waals surface area contributed by atoms with Crippen LogP contribution in [0.15, 0.2) is 5.16 Å². The zero-order chi connectivity index (χ0) is 10.8. The molecule has 0 atom stereocenters. The van der Waals surface area contributed by atoms with E-state index < -0.39 is 5.97 Å². The number of carbonyl (C=O) groups is 1. The highest BCUT2D eigenvalue weighted by Crippen LogP contribution is 2.35. The van der Waals surface area contributed by atoms with E-state index in [0.717, 1.165) is 18.5 Å². The number of nitrogens with one attached hydrogen (secondary N) is 1. The topological polar surface area (TPSA) is 66.0 Å². The molecule has 1 aromatic rings. The fourth-order valence-corrected chi connectivity index (χ4v) is 2.53. The Balaban J connectivity index is 2.34. The maximum Gasteiger partial charge on any atom is 0.356 e.